The number of hydrogen-bond acceptors (Lipinski definition) is 5. The fourth-order valence-corrected chi connectivity index (χ4v) is 3.07. The molecule has 0 aliphatic carbocycles. The summed E-state index contributed by atoms with van der Waals surface area (Å²) >= 11 is 6.09. The van der Waals surface area contributed by atoms with Crippen LogP contribution in [0.1, 0.15) is 52.6 Å². The van der Waals surface area contributed by atoms with Crippen LogP contribution in [0.2, 0.25) is 5.02 Å². The summed E-state index contributed by atoms with van der Waals surface area (Å²) in [6.07, 6.45) is 1.35. The minimum absolute atomic E-state index is 0.125. The smallest absolute Gasteiger partial charge is 0.343 e. The minimum atomic E-state index is -0.529. The number of esters is 1. The highest BCUT2D eigenvalue weighted by Gasteiger charge is 2.21. The monoisotopic (exact) mass is 491 g/mol. The molecule has 8 heteroatoms. The van der Waals surface area contributed by atoms with E-state index in [9.17, 15) is 14.4 Å². The zero-order valence-corrected chi connectivity index (χ0v) is 20.6. The van der Waals surface area contributed by atoms with Crippen molar-refractivity contribution in [3.8, 4) is 5.75 Å². The average Bonchev–Trinajstić information content (AvgIpc) is 2.80. The van der Waals surface area contributed by atoms with E-state index in [4.69, 9.17) is 16.3 Å². The van der Waals surface area contributed by atoms with E-state index in [1.165, 1.54) is 6.21 Å². The predicted octanol–water partition coefficient (Wildman–Crippen LogP) is 5.62. The normalized spacial score (nSPS) is 11.2. The Morgan fingerprint density at radius 1 is 0.943 bits per heavy atom. The maximum atomic E-state index is 12.5. The Hall–Kier alpha value is -3.97. The highest BCUT2D eigenvalue weighted by atomic mass is 35.5. The molecule has 0 saturated heterocycles. The van der Waals surface area contributed by atoms with Gasteiger partial charge in [-0.25, -0.2) is 10.2 Å². The SMILES string of the molecule is Cc1cccc(C(=O)Oc2ccc(Cl)cc2/C=N/NC(=O)c2ccc(NC(=O)C(C)(C)C)cc2)c1. The molecule has 3 rings (SSSR count). The Labute approximate surface area is 209 Å². The van der Waals surface area contributed by atoms with Gasteiger partial charge in [-0.2, -0.15) is 5.10 Å². The largest absolute Gasteiger partial charge is 0.422 e. The number of halogens is 1. The second-order valence-electron chi connectivity index (χ2n) is 8.92. The highest BCUT2D eigenvalue weighted by molar-refractivity contribution is 6.31. The van der Waals surface area contributed by atoms with E-state index < -0.39 is 17.3 Å². The van der Waals surface area contributed by atoms with Crippen LogP contribution in [0, 0.1) is 12.3 Å². The fraction of sp³-hybridized carbons (Fsp3) is 0.185. The van der Waals surface area contributed by atoms with Crippen LogP contribution in [0.15, 0.2) is 71.8 Å². The number of ether oxygens (including phenoxy) is 1. The van der Waals surface area contributed by atoms with Crippen LogP contribution >= 0.6 is 11.6 Å². The van der Waals surface area contributed by atoms with Crippen molar-refractivity contribution in [1.29, 1.82) is 0 Å². The van der Waals surface area contributed by atoms with Gasteiger partial charge >= 0.3 is 5.97 Å². The Balaban J connectivity index is 1.67. The van der Waals surface area contributed by atoms with Gasteiger partial charge in [-0.15, -0.1) is 0 Å². The number of amides is 2. The molecule has 0 fully saturated rings. The third-order valence-corrected chi connectivity index (χ3v) is 5.12. The van der Waals surface area contributed by atoms with Gasteiger partial charge in [0.15, 0.2) is 0 Å². The zero-order chi connectivity index (χ0) is 25.6. The first-order chi connectivity index (χ1) is 16.5. The zero-order valence-electron chi connectivity index (χ0n) is 19.9. The Morgan fingerprint density at radius 3 is 2.31 bits per heavy atom. The van der Waals surface area contributed by atoms with E-state index in [-0.39, 0.29) is 11.7 Å². The molecular weight excluding hydrogens is 466 g/mol. The quantitative estimate of drug-likeness (QED) is 0.202. The number of carbonyl (C=O) groups excluding carboxylic acids is 3. The molecule has 0 radical (unpaired) electrons. The van der Waals surface area contributed by atoms with Crippen molar-refractivity contribution in [3.63, 3.8) is 0 Å². The summed E-state index contributed by atoms with van der Waals surface area (Å²) in [6, 6.07) is 18.2. The Kier molecular flexibility index (Phi) is 8.04. The van der Waals surface area contributed by atoms with Gasteiger partial charge in [0, 0.05) is 27.3 Å². The van der Waals surface area contributed by atoms with Crippen LogP contribution < -0.4 is 15.5 Å². The molecule has 3 aromatic carbocycles. The molecule has 2 amide bonds. The maximum Gasteiger partial charge on any atom is 0.343 e. The lowest BCUT2D eigenvalue weighted by atomic mass is 9.95. The van der Waals surface area contributed by atoms with E-state index in [1.54, 1.807) is 60.7 Å². The van der Waals surface area contributed by atoms with E-state index in [1.807, 2.05) is 33.8 Å². The number of anilines is 1. The molecule has 0 aliphatic rings. The standard InChI is InChI=1S/C27H26ClN3O4/c1-17-6-5-7-19(14-17)25(33)35-23-13-10-21(28)15-20(23)16-29-31-24(32)18-8-11-22(12-9-18)30-26(34)27(2,3)4/h5-16H,1-4H3,(H,30,34)(H,31,32)/b29-16+. The number of rotatable bonds is 6. The molecular formula is C27H26ClN3O4. The van der Waals surface area contributed by atoms with Crippen molar-refractivity contribution in [2.75, 3.05) is 5.32 Å². The van der Waals surface area contributed by atoms with Crippen molar-refractivity contribution >= 4 is 41.3 Å². The summed E-state index contributed by atoms with van der Waals surface area (Å²) in [4.78, 5) is 37.1. The molecule has 0 aliphatic heterocycles. The molecule has 0 aromatic heterocycles. The van der Waals surface area contributed by atoms with E-state index in [0.717, 1.165) is 5.56 Å². The molecule has 7 nitrogen and oxygen atoms in total. The van der Waals surface area contributed by atoms with Gasteiger partial charge in [0.1, 0.15) is 5.75 Å². The van der Waals surface area contributed by atoms with Crippen LogP contribution in [-0.4, -0.2) is 24.0 Å². The lowest BCUT2D eigenvalue weighted by Gasteiger charge is -2.17. The second kappa shape index (κ2) is 11.0. The molecule has 0 unspecified atom stereocenters. The number of carbonyl (C=O) groups is 3. The van der Waals surface area contributed by atoms with Gasteiger partial charge in [-0.1, -0.05) is 50.1 Å². The van der Waals surface area contributed by atoms with Gasteiger partial charge in [-0.3, -0.25) is 9.59 Å². The molecule has 0 bridgehead atoms. The molecule has 0 heterocycles. The van der Waals surface area contributed by atoms with Crippen LogP contribution in [0.5, 0.6) is 5.75 Å². The number of hydrogen-bond donors (Lipinski definition) is 2. The molecule has 2 N–H and O–H groups in total. The Bertz CT molecular complexity index is 1280. The first-order valence-corrected chi connectivity index (χ1v) is 11.2. The van der Waals surface area contributed by atoms with E-state index in [2.05, 4.69) is 15.8 Å². The van der Waals surface area contributed by atoms with Gasteiger partial charge in [0.2, 0.25) is 5.91 Å². The minimum Gasteiger partial charge on any atom is -0.422 e. The van der Waals surface area contributed by atoms with Crippen molar-refractivity contribution in [2.45, 2.75) is 27.7 Å². The lowest BCUT2D eigenvalue weighted by molar-refractivity contribution is -0.123. The van der Waals surface area contributed by atoms with E-state index in [0.29, 0.717) is 27.4 Å². The number of hydrazone groups is 1. The third-order valence-electron chi connectivity index (χ3n) is 4.88. The number of aryl methyl sites for hydroxylation is 1. The lowest BCUT2D eigenvalue weighted by Crippen LogP contribution is -2.27. The van der Waals surface area contributed by atoms with Crippen LogP contribution in [0.25, 0.3) is 0 Å². The predicted molar refractivity (Wildman–Crippen MR) is 137 cm³/mol. The molecule has 0 spiro atoms. The first kappa shape index (κ1) is 25.6. The third kappa shape index (κ3) is 7.25. The van der Waals surface area contributed by atoms with Crippen molar-refractivity contribution < 1.29 is 19.1 Å². The van der Waals surface area contributed by atoms with Crippen LogP contribution in [0.4, 0.5) is 5.69 Å². The molecule has 0 atom stereocenters. The van der Waals surface area contributed by atoms with Crippen molar-refractivity contribution in [3.05, 3.63) is 94.0 Å². The number of benzene rings is 3. The summed E-state index contributed by atoms with van der Waals surface area (Å²) in [5.41, 5.74) is 4.61. The average molecular weight is 492 g/mol. The van der Waals surface area contributed by atoms with Gasteiger partial charge < -0.3 is 10.1 Å². The summed E-state index contributed by atoms with van der Waals surface area (Å²) in [6.45, 7) is 7.33. The highest BCUT2D eigenvalue weighted by Crippen LogP contribution is 2.23. The molecule has 180 valence electrons. The molecule has 35 heavy (non-hydrogen) atoms. The van der Waals surface area contributed by atoms with Gasteiger partial charge in [0.05, 0.1) is 11.8 Å². The maximum absolute atomic E-state index is 12.5. The topological polar surface area (TPSA) is 96.9 Å². The Morgan fingerprint density at radius 2 is 1.66 bits per heavy atom. The second-order valence-corrected chi connectivity index (χ2v) is 9.36. The summed E-state index contributed by atoms with van der Waals surface area (Å²) in [5.74, 6) is -0.846. The van der Waals surface area contributed by atoms with E-state index >= 15 is 0 Å². The summed E-state index contributed by atoms with van der Waals surface area (Å²) in [7, 11) is 0. The number of nitrogens with one attached hydrogen (secondary N) is 2. The first-order valence-electron chi connectivity index (χ1n) is 10.9. The van der Waals surface area contributed by atoms with Gasteiger partial charge in [0.25, 0.3) is 5.91 Å². The summed E-state index contributed by atoms with van der Waals surface area (Å²) < 4.78 is 5.52. The van der Waals surface area contributed by atoms with Gasteiger partial charge in [-0.05, 0) is 61.5 Å². The van der Waals surface area contributed by atoms with Crippen LogP contribution in [-0.2, 0) is 4.79 Å². The number of nitrogens with zero attached hydrogens (tertiary/aromatic N) is 1. The summed E-state index contributed by atoms with van der Waals surface area (Å²) in [5, 5.41) is 7.19. The molecule has 0 saturated carbocycles. The van der Waals surface area contributed by atoms with Crippen LogP contribution in [0.3, 0.4) is 0 Å². The van der Waals surface area contributed by atoms with Crippen molar-refractivity contribution in [2.24, 2.45) is 10.5 Å². The fourth-order valence-electron chi connectivity index (χ4n) is 2.89. The molecule has 3 aromatic rings. The van der Waals surface area contributed by atoms with Crippen molar-refractivity contribution in [1.82, 2.24) is 5.43 Å².